The first-order valence-corrected chi connectivity index (χ1v) is 7.13. The van der Waals surface area contributed by atoms with Crippen LogP contribution in [0, 0.1) is 5.92 Å². The number of nitrogens with zero attached hydrogens (tertiary/aromatic N) is 3. The standard InChI is InChI=1S/C14H24N4O/c1-4-12-13(9-17(3)16-12)15-14(19)10-18-7-5-11(2)6-8-18/h9,11H,4-8,10H2,1-3H3,(H,15,19). The Morgan fingerprint density at radius 1 is 1.47 bits per heavy atom. The maximum atomic E-state index is 12.0. The van der Waals surface area contributed by atoms with Gasteiger partial charge in [-0.1, -0.05) is 13.8 Å². The zero-order valence-corrected chi connectivity index (χ0v) is 12.1. The van der Waals surface area contributed by atoms with Gasteiger partial charge in [0, 0.05) is 13.2 Å². The number of anilines is 1. The molecule has 0 spiro atoms. The van der Waals surface area contributed by atoms with Crippen LogP contribution in [0.3, 0.4) is 0 Å². The van der Waals surface area contributed by atoms with E-state index in [2.05, 4.69) is 22.2 Å². The Hall–Kier alpha value is -1.36. The van der Waals surface area contributed by atoms with Crippen molar-refractivity contribution in [2.45, 2.75) is 33.1 Å². The fourth-order valence-electron chi connectivity index (χ4n) is 2.51. The van der Waals surface area contributed by atoms with Gasteiger partial charge in [0.05, 0.1) is 17.9 Å². The maximum Gasteiger partial charge on any atom is 0.238 e. The molecule has 0 saturated carbocycles. The molecule has 19 heavy (non-hydrogen) atoms. The number of likely N-dealkylation sites (tertiary alicyclic amines) is 1. The molecule has 0 atom stereocenters. The molecule has 1 N–H and O–H groups in total. The number of hydrogen-bond acceptors (Lipinski definition) is 3. The summed E-state index contributed by atoms with van der Waals surface area (Å²) in [6.45, 7) is 6.87. The van der Waals surface area contributed by atoms with E-state index in [-0.39, 0.29) is 5.91 Å². The largest absolute Gasteiger partial charge is 0.322 e. The first-order valence-electron chi connectivity index (χ1n) is 7.13. The molecule has 0 unspecified atom stereocenters. The summed E-state index contributed by atoms with van der Waals surface area (Å²) in [4.78, 5) is 14.3. The van der Waals surface area contributed by atoms with E-state index in [0.717, 1.165) is 36.8 Å². The first-order chi connectivity index (χ1) is 9.08. The molecule has 1 fully saturated rings. The van der Waals surface area contributed by atoms with E-state index in [0.29, 0.717) is 6.54 Å². The average Bonchev–Trinajstić information content (AvgIpc) is 2.72. The minimum Gasteiger partial charge on any atom is -0.322 e. The lowest BCUT2D eigenvalue weighted by atomic mass is 9.99. The van der Waals surface area contributed by atoms with Crippen LogP contribution in [0.5, 0.6) is 0 Å². The van der Waals surface area contributed by atoms with E-state index in [1.165, 1.54) is 12.8 Å². The van der Waals surface area contributed by atoms with E-state index in [1.807, 2.05) is 20.2 Å². The second-order valence-corrected chi connectivity index (χ2v) is 5.52. The van der Waals surface area contributed by atoms with Crippen molar-refractivity contribution in [3.05, 3.63) is 11.9 Å². The quantitative estimate of drug-likeness (QED) is 0.899. The smallest absolute Gasteiger partial charge is 0.238 e. The van der Waals surface area contributed by atoms with Crippen molar-refractivity contribution in [1.82, 2.24) is 14.7 Å². The predicted octanol–water partition coefficient (Wildman–Crippen LogP) is 1.65. The summed E-state index contributed by atoms with van der Waals surface area (Å²) in [5.74, 6) is 0.863. The topological polar surface area (TPSA) is 50.2 Å². The maximum absolute atomic E-state index is 12.0. The van der Waals surface area contributed by atoms with E-state index in [9.17, 15) is 4.79 Å². The molecular formula is C14H24N4O. The van der Waals surface area contributed by atoms with Crippen LogP contribution in [0.1, 0.15) is 32.4 Å². The highest BCUT2D eigenvalue weighted by atomic mass is 16.2. The van der Waals surface area contributed by atoms with E-state index >= 15 is 0 Å². The summed E-state index contributed by atoms with van der Waals surface area (Å²) in [7, 11) is 1.88. The van der Waals surface area contributed by atoms with Crippen LogP contribution in [-0.2, 0) is 18.3 Å². The Morgan fingerprint density at radius 2 is 2.16 bits per heavy atom. The summed E-state index contributed by atoms with van der Waals surface area (Å²) in [6.07, 6.45) is 5.09. The van der Waals surface area contributed by atoms with Gasteiger partial charge in [-0.2, -0.15) is 5.10 Å². The summed E-state index contributed by atoms with van der Waals surface area (Å²) in [5, 5.41) is 7.30. The SMILES string of the molecule is CCc1nn(C)cc1NC(=O)CN1CCC(C)CC1. The third-order valence-electron chi connectivity index (χ3n) is 3.76. The van der Waals surface area contributed by atoms with Gasteiger partial charge < -0.3 is 5.32 Å². The van der Waals surface area contributed by atoms with Crippen molar-refractivity contribution in [2.24, 2.45) is 13.0 Å². The van der Waals surface area contributed by atoms with Crippen LogP contribution >= 0.6 is 0 Å². The van der Waals surface area contributed by atoms with E-state index in [4.69, 9.17) is 0 Å². The molecule has 0 bridgehead atoms. The van der Waals surface area contributed by atoms with E-state index < -0.39 is 0 Å². The molecule has 106 valence electrons. The molecule has 2 heterocycles. The van der Waals surface area contributed by atoms with Gasteiger partial charge >= 0.3 is 0 Å². The van der Waals surface area contributed by atoms with Crippen molar-refractivity contribution in [3.8, 4) is 0 Å². The highest BCUT2D eigenvalue weighted by molar-refractivity contribution is 5.92. The molecule has 2 rings (SSSR count). The molecule has 1 aromatic rings. The molecule has 5 heteroatoms. The molecular weight excluding hydrogens is 240 g/mol. The third kappa shape index (κ3) is 3.80. The molecule has 1 aliphatic heterocycles. The highest BCUT2D eigenvalue weighted by Crippen LogP contribution is 2.17. The Bertz CT molecular complexity index is 433. The summed E-state index contributed by atoms with van der Waals surface area (Å²) in [6, 6.07) is 0. The monoisotopic (exact) mass is 264 g/mol. The van der Waals surface area contributed by atoms with Gasteiger partial charge in [0.15, 0.2) is 0 Å². The van der Waals surface area contributed by atoms with Gasteiger partial charge in [-0.3, -0.25) is 14.4 Å². The molecule has 0 aromatic carbocycles. The number of aryl methyl sites for hydroxylation is 2. The van der Waals surface area contributed by atoms with Gasteiger partial charge in [0.2, 0.25) is 5.91 Å². The lowest BCUT2D eigenvalue weighted by Crippen LogP contribution is -2.38. The normalized spacial score (nSPS) is 17.6. The van der Waals surface area contributed by atoms with Gasteiger partial charge in [0.1, 0.15) is 0 Å². The highest BCUT2D eigenvalue weighted by Gasteiger charge is 2.18. The lowest BCUT2D eigenvalue weighted by molar-refractivity contribution is -0.117. The van der Waals surface area contributed by atoms with Crippen molar-refractivity contribution < 1.29 is 4.79 Å². The molecule has 1 aliphatic rings. The molecule has 5 nitrogen and oxygen atoms in total. The first kappa shape index (κ1) is 14.1. The summed E-state index contributed by atoms with van der Waals surface area (Å²) >= 11 is 0. The summed E-state index contributed by atoms with van der Waals surface area (Å²) in [5.41, 5.74) is 1.79. The van der Waals surface area contributed by atoms with Gasteiger partial charge in [-0.15, -0.1) is 0 Å². The predicted molar refractivity (Wildman–Crippen MR) is 76.1 cm³/mol. The van der Waals surface area contributed by atoms with Gasteiger partial charge in [-0.05, 0) is 38.3 Å². The molecule has 1 saturated heterocycles. The minimum atomic E-state index is 0.0669. The molecule has 0 aliphatic carbocycles. The van der Waals surface area contributed by atoms with Crippen LogP contribution in [0.25, 0.3) is 0 Å². The van der Waals surface area contributed by atoms with Crippen LogP contribution in [-0.4, -0.2) is 40.2 Å². The van der Waals surface area contributed by atoms with Gasteiger partial charge in [0.25, 0.3) is 0 Å². The number of aromatic nitrogens is 2. The Labute approximate surface area is 115 Å². The van der Waals surface area contributed by atoms with Crippen LogP contribution < -0.4 is 5.32 Å². The number of carbonyl (C=O) groups is 1. The second-order valence-electron chi connectivity index (χ2n) is 5.52. The van der Waals surface area contributed by atoms with Crippen molar-refractivity contribution in [2.75, 3.05) is 25.0 Å². The average molecular weight is 264 g/mol. The Kier molecular flexibility index (Phi) is 4.58. The van der Waals surface area contributed by atoms with Gasteiger partial charge in [-0.25, -0.2) is 0 Å². The minimum absolute atomic E-state index is 0.0669. The fraction of sp³-hybridized carbons (Fsp3) is 0.714. The molecule has 1 amide bonds. The Balaban J connectivity index is 1.87. The number of rotatable bonds is 4. The summed E-state index contributed by atoms with van der Waals surface area (Å²) < 4.78 is 1.75. The number of carbonyl (C=O) groups excluding carboxylic acids is 1. The van der Waals surface area contributed by atoms with Crippen LogP contribution in [0.4, 0.5) is 5.69 Å². The fourth-order valence-corrected chi connectivity index (χ4v) is 2.51. The van der Waals surface area contributed by atoms with Crippen molar-refractivity contribution in [1.29, 1.82) is 0 Å². The molecule has 0 radical (unpaired) electrons. The zero-order valence-electron chi connectivity index (χ0n) is 12.1. The lowest BCUT2D eigenvalue weighted by Gasteiger charge is -2.29. The van der Waals surface area contributed by atoms with Crippen molar-refractivity contribution in [3.63, 3.8) is 0 Å². The Morgan fingerprint density at radius 3 is 2.79 bits per heavy atom. The van der Waals surface area contributed by atoms with E-state index in [1.54, 1.807) is 4.68 Å². The molecule has 1 aromatic heterocycles. The number of piperidine rings is 1. The van der Waals surface area contributed by atoms with Crippen LogP contribution in [0.15, 0.2) is 6.20 Å². The second kappa shape index (κ2) is 6.19. The van der Waals surface area contributed by atoms with Crippen LogP contribution in [0.2, 0.25) is 0 Å². The zero-order chi connectivity index (χ0) is 13.8. The van der Waals surface area contributed by atoms with Crippen molar-refractivity contribution >= 4 is 11.6 Å². The number of amides is 1. The number of hydrogen-bond donors (Lipinski definition) is 1. The number of nitrogens with one attached hydrogen (secondary N) is 1. The third-order valence-corrected chi connectivity index (χ3v) is 3.76.